The Morgan fingerprint density at radius 3 is 2.83 bits per heavy atom. The van der Waals surface area contributed by atoms with Crippen LogP contribution in [0, 0.1) is 5.41 Å². The van der Waals surface area contributed by atoms with Crippen LogP contribution in [0.4, 0.5) is 11.4 Å². The standard InChI is InChI=1S/C18H20N2O3S/c1-4-20-13-10-12(19-16(21)15-6-5-9-24-15)7-8-14(13)23-11-18(2,3)17(20)22/h5-10H,4,11H2,1-3H3,(H,19,21). The Labute approximate surface area is 145 Å². The van der Waals surface area contributed by atoms with Crippen molar-refractivity contribution in [3.8, 4) is 5.75 Å². The van der Waals surface area contributed by atoms with E-state index in [1.165, 1.54) is 11.3 Å². The number of ether oxygens (including phenoxy) is 1. The minimum absolute atomic E-state index is 0.0190. The van der Waals surface area contributed by atoms with Crippen LogP contribution in [-0.4, -0.2) is 25.0 Å². The Balaban J connectivity index is 1.92. The average Bonchev–Trinajstić information content (AvgIpc) is 3.06. The monoisotopic (exact) mass is 344 g/mol. The molecular weight excluding hydrogens is 324 g/mol. The number of thiophene rings is 1. The van der Waals surface area contributed by atoms with E-state index in [-0.39, 0.29) is 11.8 Å². The molecule has 0 atom stereocenters. The normalized spacial score (nSPS) is 16.1. The molecule has 2 aromatic rings. The number of hydrogen-bond donors (Lipinski definition) is 1. The van der Waals surface area contributed by atoms with Gasteiger partial charge >= 0.3 is 0 Å². The third-order valence-corrected chi connectivity index (χ3v) is 4.85. The first-order valence-electron chi connectivity index (χ1n) is 7.86. The van der Waals surface area contributed by atoms with Crippen LogP contribution >= 0.6 is 11.3 Å². The Bertz CT molecular complexity index is 769. The van der Waals surface area contributed by atoms with E-state index in [1.807, 2.05) is 32.2 Å². The highest BCUT2D eigenvalue weighted by molar-refractivity contribution is 7.12. The molecule has 6 heteroatoms. The molecule has 24 heavy (non-hydrogen) atoms. The Morgan fingerprint density at radius 2 is 2.17 bits per heavy atom. The van der Waals surface area contributed by atoms with E-state index in [2.05, 4.69) is 5.32 Å². The maximum Gasteiger partial charge on any atom is 0.265 e. The van der Waals surface area contributed by atoms with Crippen LogP contribution in [0.1, 0.15) is 30.4 Å². The molecule has 1 aromatic carbocycles. The lowest BCUT2D eigenvalue weighted by Crippen LogP contribution is -2.42. The quantitative estimate of drug-likeness (QED) is 0.922. The number of anilines is 2. The third-order valence-electron chi connectivity index (χ3n) is 3.98. The summed E-state index contributed by atoms with van der Waals surface area (Å²) in [6.45, 7) is 6.56. The van der Waals surface area contributed by atoms with Gasteiger partial charge < -0.3 is 15.0 Å². The summed E-state index contributed by atoms with van der Waals surface area (Å²) < 4.78 is 5.83. The first-order valence-corrected chi connectivity index (χ1v) is 8.74. The van der Waals surface area contributed by atoms with E-state index in [1.54, 1.807) is 29.2 Å². The molecule has 1 aliphatic rings. The van der Waals surface area contributed by atoms with Crippen LogP contribution in [0.15, 0.2) is 35.7 Å². The van der Waals surface area contributed by atoms with E-state index in [9.17, 15) is 9.59 Å². The molecular formula is C18H20N2O3S. The van der Waals surface area contributed by atoms with Crippen LogP contribution in [-0.2, 0) is 4.79 Å². The smallest absolute Gasteiger partial charge is 0.265 e. The molecule has 2 amide bonds. The molecule has 0 fully saturated rings. The van der Waals surface area contributed by atoms with Gasteiger partial charge in [-0.25, -0.2) is 0 Å². The van der Waals surface area contributed by atoms with E-state index in [0.717, 1.165) is 0 Å². The van der Waals surface area contributed by atoms with Crippen LogP contribution in [0.2, 0.25) is 0 Å². The van der Waals surface area contributed by atoms with Crippen molar-refractivity contribution >= 4 is 34.5 Å². The molecule has 0 bridgehead atoms. The molecule has 0 radical (unpaired) electrons. The summed E-state index contributed by atoms with van der Waals surface area (Å²) in [5.74, 6) is 0.518. The summed E-state index contributed by atoms with van der Waals surface area (Å²) in [4.78, 5) is 27.3. The van der Waals surface area contributed by atoms with Crippen molar-refractivity contribution in [1.82, 2.24) is 0 Å². The van der Waals surface area contributed by atoms with Gasteiger partial charge in [0, 0.05) is 12.2 Å². The summed E-state index contributed by atoms with van der Waals surface area (Å²) in [6, 6.07) is 9.00. The highest BCUT2D eigenvalue weighted by atomic mass is 32.1. The van der Waals surface area contributed by atoms with Crippen LogP contribution in [0.25, 0.3) is 0 Å². The van der Waals surface area contributed by atoms with Crippen LogP contribution in [0.5, 0.6) is 5.75 Å². The number of benzene rings is 1. The maximum atomic E-state index is 12.7. The summed E-state index contributed by atoms with van der Waals surface area (Å²) >= 11 is 1.39. The fraction of sp³-hybridized carbons (Fsp3) is 0.333. The number of nitrogens with zero attached hydrogens (tertiary/aromatic N) is 1. The minimum atomic E-state index is -0.588. The molecule has 0 spiro atoms. The van der Waals surface area contributed by atoms with Gasteiger partial charge in [-0.15, -0.1) is 11.3 Å². The van der Waals surface area contributed by atoms with Crippen molar-refractivity contribution < 1.29 is 14.3 Å². The first kappa shape index (κ1) is 16.5. The second kappa shape index (κ2) is 6.28. The lowest BCUT2D eigenvalue weighted by molar-refractivity contribution is -0.127. The zero-order valence-corrected chi connectivity index (χ0v) is 14.8. The van der Waals surface area contributed by atoms with Crippen LogP contribution in [0.3, 0.4) is 0 Å². The van der Waals surface area contributed by atoms with Crippen molar-refractivity contribution in [2.45, 2.75) is 20.8 Å². The second-order valence-corrected chi connectivity index (χ2v) is 7.28. The van der Waals surface area contributed by atoms with Crippen molar-refractivity contribution in [1.29, 1.82) is 0 Å². The van der Waals surface area contributed by atoms with Gasteiger partial charge in [0.05, 0.1) is 16.0 Å². The van der Waals surface area contributed by atoms with Gasteiger partial charge in [-0.05, 0) is 50.4 Å². The van der Waals surface area contributed by atoms with Crippen molar-refractivity contribution in [2.24, 2.45) is 5.41 Å². The minimum Gasteiger partial charge on any atom is -0.490 e. The SMILES string of the molecule is CCN1C(=O)C(C)(C)COc2ccc(NC(=O)c3cccs3)cc21. The first-order chi connectivity index (χ1) is 11.4. The van der Waals surface area contributed by atoms with Crippen molar-refractivity contribution in [3.63, 3.8) is 0 Å². The zero-order valence-electron chi connectivity index (χ0n) is 14.0. The molecule has 1 aromatic heterocycles. The van der Waals surface area contributed by atoms with Gasteiger partial charge in [0.25, 0.3) is 5.91 Å². The Morgan fingerprint density at radius 1 is 1.38 bits per heavy atom. The lowest BCUT2D eigenvalue weighted by atomic mass is 9.93. The van der Waals surface area contributed by atoms with Crippen molar-refractivity contribution in [2.75, 3.05) is 23.4 Å². The molecule has 3 rings (SSSR count). The van der Waals surface area contributed by atoms with Gasteiger partial charge in [-0.3, -0.25) is 9.59 Å². The number of nitrogens with one attached hydrogen (secondary N) is 1. The molecule has 0 aliphatic carbocycles. The van der Waals surface area contributed by atoms with Gasteiger partial charge in [0.15, 0.2) is 0 Å². The summed E-state index contributed by atoms with van der Waals surface area (Å²) in [5, 5.41) is 4.73. The Kier molecular flexibility index (Phi) is 4.32. The highest BCUT2D eigenvalue weighted by Gasteiger charge is 2.37. The molecule has 1 N–H and O–H groups in total. The third kappa shape index (κ3) is 3.01. The predicted molar refractivity (Wildman–Crippen MR) is 96.0 cm³/mol. The highest BCUT2D eigenvalue weighted by Crippen LogP contribution is 2.38. The molecule has 2 heterocycles. The number of carbonyl (C=O) groups is 2. The summed E-state index contributed by atoms with van der Waals surface area (Å²) in [5.41, 5.74) is 0.744. The fourth-order valence-corrected chi connectivity index (χ4v) is 3.26. The topological polar surface area (TPSA) is 58.6 Å². The second-order valence-electron chi connectivity index (χ2n) is 6.34. The number of rotatable bonds is 3. The molecule has 0 unspecified atom stereocenters. The predicted octanol–water partition coefficient (Wildman–Crippen LogP) is 3.77. The number of carbonyl (C=O) groups excluding carboxylic acids is 2. The zero-order chi connectivity index (χ0) is 17.3. The van der Waals surface area contributed by atoms with Gasteiger partial charge in [0.1, 0.15) is 12.4 Å². The lowest BCUT2D eigenvalue weighted by Gasteiger charge is -2.27. The van der Waals surface area contributed by atoms with Crippen molar-refractivity contribution in [3.05, 3.63) is 40.6 Å². The molecule has 0 saturated heterocycles. The number of hydrogen-bond acceptors (Lipinski definition) is 4. The molecule has 1 aliphatic heterocycles. The van der Waals surface area contributed by atoms with Gasteiger partial charge in [-0.1, -0.05) is 6.07 Å². The molecule has 126 valence electrons. The largest absolute Gasteiger partial charge is 0.490 e. The van der Waals surface area contributed by atoms with Gasteiger partial charge in [0.2, 0.25) is 5.91 Å². The van der Waals surface area contributed by atoms with E-state index in [0.29, 0.717) is 35.2 Å². The summed E-state index contributed by atoms with van der Waals surface area (Å²) in [6.07, 6.45) is 0. The fourth-order valence-electron chi connectivity index (χ4n) is 2.64. The van der Waals surface area contributed by atoms with Crippen LogP contribution < -0.4 is 15.0 Å². The number of amides is 2. The van der Waals surface area contributed by atoms with E-state index >= 15 is 0 Å². The molecule has 5 nitrogen and oxygen atoms in total. The maximum absolute atomic E-state index is 12.7. The van der Waals surface area contributed by atoms with E-state index < -0.39 is 5.41 Å². The van der Waals surface area contributed by atoms with E-state index in [4.69, 9.17) is 4.74 Å². The molecule has 0 saturated carbocycles. The number of fused-ring (bicyclic) bond motifs is 1. The summed E-state index contributed by atoms with van der Waals surface area (Å²) in [7, 11) is 0. The average molecular weight is 344 g/mol. The Hall–Kier alpha value is -2.34. The van der Waals surface area contributed by atoms with Gasteiger partial charge in [-0.2, -0.15) is 0 Å².